The first-order chi connectivity index (χ1) is 8.34. The van der Waals surface area contributed by atoms with E-state index in [0.29, 0.717) is 13.1 Å². The molecule has 2 heterocycles. The van der Waals surface area contributed by atoms with Gasteiger partial charge in [-0.05, 0) is 31.6 Å². The molecular weight excluding hydrogens is 218 g/mol. The van der Waals surface area contributed by atoms with Crippen molar-refractivity contribution in [1.82, 2.24) is 15.5 Å². The molecule has 0 aromatic carbocycles. The fraction of sp³-hybridized carbons (Fsp3) is 0.583. The molecule has 1 aromatic heterocycles. The van der Waals surface area contributed by atoms with Crippen molar-refractivity contribution >= 4 is 5.91 Å². The van der Waals surface area contributed by atoms with Gasteiger partial charge in [-0.25, -0.2) is 0 Å². The summed E-state index contributed by atoms with van der Waals surface area (Å²) in [6.45, 7) is 4.88. The lowest BCUT2D eigenvalue weighted by molar-refractivity contribution is -0.122. The molecule has 2 N–H and O–H groups in total. The zero-order valence-electron chi connectivity index (χ0n) is 9.95. The van der Waals surface area contributed by atoms with Gasteiger partial charge in [0.25, 0.3) is 0 Å². The molecule has 1 amide bonds. The number of carbonyl (C=O) groups excluding carboxylic acids is 1. The van der Waals surface area contributed by atoms with Crippen LogP contribution in [0.5, 0.6) is 0 Å². The highest BCUT2D eigenvalue weighted by Crippen LogP contribution is 1.99. The van der Waals surface area contributed by atoms with E-state index < -0.39 is 0 Å². The molecule has 5 heteroatoms. The summed E-state index contributed by atoms with van der Waals surface area (Å²) in [5, 5.41) is 6.17. The van der Waals surface area contributed by atoms with Crippen LogP contribution in [0.3, 0.4) is 0 Å². The maximum Gasteiger partial charge on any atom is 0.234 e. The van der Waals surface area contributed by atoms with Gasteiger partial charge in [-0.2, -0.15) is 0 Å². The van der Waals surface area contributed by atoms with E-state index in [1.807, 2.05) is 12.1 Å². The lowest BCUT2D eigenvalue weighted by atomic mass is 10.3. The number of nitrogens with zero attached hydrogens (tertiary/aromatic N) is 1. The molecule has 1 aromatic rings. The third kappa shape index (κ3) is 4.20. The smallest absolute Gasteiger partial charge is 0.234 e. The second-order valence-electron chi connectivity index (χ2n) is 4.24. The average molecular weight is 237 g/mol. The van der Waals surface area contributed by atoms with Gasteiger partial charge in [-0.1, -0.05) is 0 Å². The summed E-state index contributed by atoms with van der Waals surface area (Å²) in [7, 11) is 0. The normalized spacial score (nSPS) is 17.6. The summed E-state index contributed by atoms with van der Waals surface area (Å²) in [6, 6.07) is 3.68. The first-order valence-corrected chi connectivity index (χ1v) is 6.07. The molecule has 0 atom stereocenters. The van der Waals surface area contributed by atoms with Crippen molar-refractivity contribution in [2.45, 2.75) is 13.0 Å². The molecule has 5 nitrogen and oxygen atoms in total. The van der Waals surface area contributed by atoms with Crippen LogP contribution in [0.15, 0.2) is 22.8 Å². The molecule has 1 saturated heterocycles. The number of amides is 1. The molecule has 0 bridgehead atoms. The van der Waals surface area contributed by atoms with Gasteiger partial charge < -0.3 is 15.1 Å². The van der Waals surface area contributed by atoms with Crippen molar-refractivity contribution in [2.24, 2.45) is 0 Å². The maximum atomic E-state index is 11.7. The molecule has 0 radical (unpaired) electrons. The topological polar surface area (TPSA) is 57.5 Å². The van der Waals surface area contributed by atoms with Crippen LogP contribution in [0.25, 0.3) is 0 Å². The molecule has 2 rings (SSSR count). The van der Waals surface area contributed by atoms with Crippen LogP contribution in [0.2, 0.25) is 0 Å². The summed E-state index contributed by atoms with van der Waals surface area (Å²) < 4.78 is 5.16. The number of hydrogen-bond donors (Lipinski definition) is 2. The van der Waals surface area contributed by atoms with Crippen molar-refractivity contribution in [2.75, 3.05) is 32.7 Å². The van der Waals surface area contributed by atoms with Gasteiger partial charge >= 0.3 is 0 Å². The number of carbonyl (C=O) groups is 1. The standard InChI is InChI=1S/C12H19N3O2/c16-12(14-9-11-3-1-8-17-11)10-15-6-2-4-13-5-7-15/h1,3,8,13H,2,4-7,9-10H2,(H,14,16). The second kappa shape index (κ2) is 6.42. The monoisotopic (exact) mass is 237 g/mol. The minimum Gasteiger partial charge on any atom is -0.467 e. The maximum absolute atomic E-state index is 11.7. The van der Waals surface area contributed by atoms with E-state index in [1.54, 1.807) is 6.26 Å². The first-order valence-electron chi connectivity index (χ1n) is 6.07. The zero-order chi connectivity index (χ0) is 11.9. The Kier molecular flexibility index (Phi) is 4.58. The molecule has 1 aliphatic heterocycles. The molecule has 1 fully saturated rings. The van der Waals surface area contributed by atoms with Crippen molar-refractivity contribution in [3.05, 3.63) is 24.2 Å². The molecule has 0 aliphatic carbocycles. The highest BCUT2D eigenvalue weighted by molar-refractivity contribution is 5.77. The lowest BCUT2D eigenvalue weighted by Gasteiger charge is -2.18. The van der Waals surface area contributed by atoms with Gasteiger partial charge in [-0.3, -0.25) is 9.69 Å². The van der Waals surface area contributed by atoms with Crippen LogP contribution in [-0.4, -0.2) is 43.5 Å². The van der Waals surface area contributed by atoms with Crippen LogP contribution in [0.1, 0.15) is 12.2 Å². The predicted octanol–water partition coefficient (Wildman–Crippen LogP) is 0.191. The number of hydrogen-bond acceptors (Lipinski definition) is 4. The minimum absolute atomic E-state index is 0.0586. The molecule has 1 aliphatic rings. The van der Waals surface area contributed by atoms with E-state index in [0.717, 1.165) is 38.4 Å². The Morgan fingerprint density at radius 3 is 3.24 bits per heavy atom. The molecule has 0 saturated carbocycles. The van der Waals surface area contributed by atoms with Crippen LogP contribution in [0.4, 0.5) is 0 Å². The van der Waals surface area contributed by atoms with Gasteiger partial charge in [0.15, 0.2) is 0 Å². The Hall–Kier alpha value is -1.33. The van der Waals surface area contributed by atoms with E-state index >= 15 is 0 Å². The summed E-state index contributed by atoms with van der Waals surface area (Å²) in [6.07, 6.45) is 2.72. The van der Waals surface area contributed by atoms with E-state index in [-0.39, 0.29) is 5.91 Å². The van der Waals surface area contributed by atoms with Crippen LogP contribution >= 0.6 is 0 Å². The van der Waals surface area contributed by atoms with E-state index in [4.69, 9.17) is 4.42 Å². The molecule has 0 unspecified atom stereocenters. The number of furan rings is 1. The number of nitrogens with one attached hydrogen (secondary N) is 2. The van der Waals surface area contributed by atoms with Gasteiger partial charge in [0.1, 0.15) is 5.76 Å². The van der Waals surface area contributed by atoms with E-state index in [2.05, 4.69) is 15.5 Å². The Morgan fingerprint density at radius 1 is 1.47 bits per heavy atom. The quantitative estimate of drug-likeness (QED) is 0.785. The third-order valence-electron chi connectivity index (χ3n) is 2.84. The SMILES string of the molecule is O=C(CN1CCCNCC1)NCc1ccco1. The van der Waals surface area contributed by atoms with Crippen LogP contribution < -0.4 is 10.6 Å². The Bertz CT molecular complexity index is 330. The second-order valence-corrected chi connectivity index (χ2v) is 4.24. The van der Waals surface area contributed by atoms with E-state index in [9.17, 15) is 4.79 Å². The molecular formula is C12H19N3O2. The summed E-state index contributed by atoms with van der Waals surface area (Å²) in [5.74, 6) is 0.846. The Labute approximate surface area is 101 Å². The Balaban J connectivity index is 1.69. The average Bonchev–Trinajstić information content (AvgIpc) is 2.72. The van der Waals surface area contributed by atoms with Gasteiger partial charge in [0, 0.05) is 13.1 Å². The molecule has 17 heavy (non-hydrogen) atoms. The largest absolute Gasteiger partial charge is 0.467 e. The van der Waals surface area contributed by atoms with Crippen molar-refractivity contribution in [1.29, 1.82) is 0 Å². The van der Waals surface area contributed by atoms with Crippen LogP contribution in [-0.2, 0) is 11.3 Å². The third-order valence-corrected chi connectivity index (χ3v) is 2.84. The minimum atomic E-state index is 0.0586. The first kappa shape index (κ1) is 12.1. The van der Waals surface area contributed by atoms with Crippen molar-refractivity contribution in [3.63, 3.8) is 0 Å². The van der Waals surface area contributed by atoms with E-state index in [1.165, 1.54) is 0 Å². The fourth-order valence-corrected chi connectivity index (χ4v) is 1.92. The predicted molar refractivity (Wildman–Crippen MR) is 64.5 cm³/mol. The number of rotatable bonds is 4. The van der Waals surface area contributed by atoms with Gasteiger partial charge in [0.05, 0.1) is 19.4 Å². The van der Waals surface area contributed by atoms with Gasteiger partial charge in [0.2, 0.25) is 5.91 Å². The summed E-state index contributed by atoms with van der Waals surface area (Å²) in [4.78, 5) is 13.9. The van der Waals surface area contributed by atoms with Crippen molar-refractivity contribution < 1.29 is 9.21 Å². The van der Waals surface area contributed by atoms with Crippen molar-refractivity contribution in [3.8, 4) is 0 Å². The highest BCUT2D eigenvalue weighted by atomic mass is 16.3. The fourth-order valence-electron chi connectivity index (χ4n) is 1.92. The summed E-state index contributed by atoms with van der Waals surface area (Å²) in [5.41, 5.74) is 0. The lowest BCUT2D eigenvalue weighted by Crippen LogP contribution is -2.38. The Morgan fingerprint density at radius 2 is 2.41 bits per heavy atom. The summed E-state index contributed by atoms with van der Waals surface area (Å²) >= 11 is 0. The van der Waals surface area contributed by atoms with Gasteiger partial charge in [-0.15, -0.1) is 0 Å². The highest BCUT2D eigenvalue weighted by Gasteiger charge is 2.12. The molecule has 94 valence electrons. The molecule has 0 spiro atoms. The zero-order valence-corrected chi connectivity index (χ0v) is 9.95. The van der Waals surface area contributed by atoms with Crippen LogP contribution in [0, 0.1) is 0 Å².